The Labute approximate surface area is 284 Å². The number of ether oxygens (including phenoxy) is 2. The smallest absolute Gasteiger partial charge is 0.317 e. The van der Waals surface area contributed by atoms with Crippen molar-refractivity contribution in [1.82, 2.24) is 20.3 Å². The number of sulfonamides is 1. The fraction of sp³-hybridized carbons (Fsp3) is 0.676. The van der Waals surface area contributed by atoms with Crippen molar-refractivity contribution in [3.8, 4) is 5.75 Å². The van der Waals surface area contributed by atoms with Gasteiger partial charge in [-0.3, -0.25) is 9.52 Å². The van der Waals surface area contributed by atoms with Gasteiger partial charge in [0.25, 0.3) is 15.9 Å². The Balaban J connectivity index is 1.62. The highest BCUT2D eigenvalue weighted by Crippen LogP contribution is 2.30. The Bertz CT molecular complexity index is 1470. The predicted octanol–water partition coefficient (Wildman–Crippen LogP) is 4.86. The number of nitrogens with one attached hydrogen (secondary N) is 2. The number of fused-ring (bicyclic) bond motifs is 1. The van der Waals surface area contributed by atoms with E-state index in [2.05, 4.69) is 15.2 Å². The maximum atomic E-state index is 14.4. The molecule has 268 valence electrons. The van der Waals surface area contributed by atoms with Crippen LogP contribution in [0.5, 0.6) is 5.75 Å². The highest BCUT2D eigenvalue weighted by atomic mass is 32.2. The van der Waals surface area contributed by atoms with E-state index < -0.39 is 22.0 Å². The molecule has 2 aromatic rings. The summed E-state index contributed by atoms with van der Waals surface area (Å²) in [6, 6.07) is 4.08. The fourth-order valence-electron chi connectivity index (χ4n) is 6.40. The van der Waals surface area contributed by atoms with E-state index in [1.54, 1.807) is 42.8 Å². The molecule has 0 bridgehead atoms. The van der Waals surface area contributed by atoms with Gasteiger partial charge < -0.3 is 34.2 Å². The van der Waals surface area contributed by atoms with Crippen LogP contribution in [0.25, 0.3) is 0 Å². The second kappa shape index (κ2) is 16.8. The first kappa shape index (κ1) is 37.5. The van der Waals surface area contributed by atoms with Crippen molar-refractivity contribution in [3.63, 3.8) is 0 Å². The molecule has 2 aliphatic rings. The molecule has 13 nitrogen and oxygen atoms in total. The van der Waals surface area contributed by atoms with Gasteiger partial charge in [0, 0.05) is 44.4 Å². The van der Waals surface area contributed by atoms with Crippen LogP contribution in [0.2, 0.25) is 0 Å². The topological polar surface area (TPSA) is 164 Å². The van der Waals surface area contributed by atoms with Gasteiger partial charge in [-0.25, -0.2) is 13.2 Å². The van der Waals surface area contributed by atoms with E-state index in [4.69, 9.17) is 14.0 Å². The summed E-state index contributed by atoms with van der Waals surface area (Å²) in [5.74, 6) is -0.180. The predicted molar refractivity (Wildman–Crippen MR) is 182 cm³/mol. The lowest BCUT2D eigenvalue weighted by atomic mass is 9.96. The molecule has 4 atom stereocenters. The Morgan fingerprint density at radius 1 is 1.12 bits per heavy atom. The molecule has 14 heteroatoms. The van der Waals surface area contributed by atoms with Crippen LogP contribution in [0.4, 0.5) is 10.5 Å². The minimum Gasteiger partial charge on any atom is -0.490 e. The molecule has 1 fully saturated rings. The second-order valence-corrected chi connectivity index (χ2v) is 15.1. The van der Waals surface area contributed by atoms with E-state index >= 15 is 0 Å². The van der Waals surface area contributed by atoms with Crippen molar-refractivity contribution in [1.29, 1.82) is 0 Å². The molecule has 3 amide bonds. The van der Waals surface area contributed by atoms with Crippen LogP contribution in [0.1, 0.15) is 93.9 Å². The number of anilines is 1. The molecule has 1 aliphatic heterocycles. The number of hydrogen-bond acceptors (Lipinski definition) is 9. The first-order chi connectivity index (χ1) is 22.8. The number of aliphatic hydroxyl groups is 1. The first-order valence-corrected chi connectivity index (χ1v) is 18.6. The second-order valence-electron chi connectivity index (χ2n) is 13.4. The number of rotatable bonds is 8. The number of aromatic nitrogens is 1. The monoisotopic (exact) mass is 691 g/mol. The maximum absolute atomic E-state index is 14.4. The van der Waals surface area contributed by atoms with Crippen LogP contribution in [-0.4, -0.2) is 98.1 Å². The van der Waals surface area contributed by atoms with Gasteiger partial charge in [-0.1, -0.05) is 31.3 Å². The lowest BCUT2D eigenvalue weighted by molar-refractivity contribution is -0.0123. The summed E-state index contributed by atoms with van der Waals surface area (Å²) >= 11 is 0. The molecule has 1 aromatic carbocycles. The van der Waals surface area contributed by atoms with Crippen molar-refractivity contribution in [2.24, 2.45) is 5.92 Å². The normalized spacial score (nSPS) is 22.6. The minimum absolute atomic E-state index is 0.0634. The molecule has 48 heavy (non-hydrogen) atoms. The molecule has 1 aliphatic carbocycles. The largest absolute Gasteiger partial charge is 0.490 e. The number of benzene rings is 1. The molecule has 1 saturated carbocycles. The average Bonchev–Trinajstić information content (AvgIpc) is 3.40. The van der Waals surface area contributed by atoms with E-state index in [0.717, 1.165) is 38.5 Å². The van der Waals surface area contributed by atoms with Crippen LogP contribution in [0.15, 0.2) is 27.6 Å². The average molecular weight is 692 g/mol. The lowest BCUT2D eigenvalue weighted by Gasteiger charge is -2.36. The molecule has 3 N–H and O–H groups in total. The zero-order chi connectivity index (χ0) is 35.0. The number of urea groups is 1. The fourth-order valence-corrected chi connectivity index (χ4v) is 7.78. The Kier molecular flexibility index (Phi) is 13.1. The summed E-state index contributed by atoms with van der Waals surface area (Å²) in [6.45, 7) is 9.46. The van der Waals surface area contributed by atoms with Gasteiger partial charge in [-0.15, -0.1) is 0 Å². The van der Waals surface area contributed by atoms with Crippen molar-refractivity contribution >= 4 is 27.6 Å². The zero-order valence-electron chi connectivity index (χ0n) is 29.2. The third-order valence-electron chi connectivity index (χ3n) is 9.27. The van der Waals surface area contributed by atoms with Gasteiger partial charge in [-0.05, 0) is 78.0 Å². The minimum atomic E-state index is -4.08. The number of carbonyl (C=O) groups is 2. The molecule has 0 unspecified atom stereocenters. The summed E-state index contributed by atoms with van der Waals surface area (Å²) in [5, 5.41) is 17.2. The highest BCUT2D eigenvalue weighted by molar-refractivity contribution is 7.92. The molecular weight excluding hydrogens is 638 g/mol. The molecular formula is C34H53N5O8S. The summed E-state index contributed by atoms with van der Waals surface area (Å²) in [6.07, 6.45) is 7.11. The van der Waals surface area contributed by atoms with Crippen LogP contribution in [0.3, 0.4) is 0 Å². The van der Waals surface area contributed by atoms with E-state index in [9.17, 15) is 23.1 Å². The Morgan fingerprint density at radius 2 is 1.83 bits per heavy atom. The first-order valence-electron chi connectivity index (χ1n) is 17.1. The Hall–Kier alpha value is -3.36. The number of hydrogen-bond donors (Lipinski definition) is 3. The van der Waals surface area contributed by atoms with Gasteiger partial charge in [0.2, 0.25) is 0 Å². The van der Waals surface area contributed by atoms with E-state index in [0.29, 0.717) is 25.3 Å². The van der Waals surface area contributed by atoms with E-state index in [1.807, 2.05) is 13.8 Å². The van der Waals surface area contributed by atoms with E-state index in [1.165, 1.54) is 19.4 Å². The highest BCUT2D eigenvalue weighted by Gasteiger charge is 2.32. The molecule has 1 aromatic heterocycles. The SMILES string of the molecule is Cc1noc(C)c1S(=O)(=O)Nc1ccc2c(c1)C(=O)N([C@@H](C)CO)C[C@H](C)[C@@H](CN(C)C(=O)NC1CCCCC1)OCCCC[C@@H](C)O2. The quantitative estimate of drug-likeness (QED) is 0.351. The van der Waals surface area contributed by atoms with Gasteiger partial charge >= 0.3 is 6.03 Å². The van der Waals surface area contributed by atoms with Gasteiger partial charge in [0.1, 0.15) is 11.4 Å². The van der Waals surface area contributed by atoms with Crippen LogP contribution in [0, 0.1) is 19.8 Å². The van der Waals surface area contributed by atoms with Crippen molar-refractivity contribution in [2.45, 2.75) is 115 Å². The molecule has 0 spiro atoms. The van der Waals surface area contributed by atoms with Crippen molar-refractivity contribution < 1.29 is 37.1 Å². The van der Waals surface area contributed by atoms with Gasteiger partial charge in [-0.2, -0.15) is 0 Å². The number of carbonyl (C=O) groups excluding carboxylic acids is 2. The summed E-state index contributed by atoms with van der Waals surface area (Å²) in [5.41, 5.74) is 0.542. The van der Waals surface area contributed by atoms with Gasteiger partial charge in [0.05, 0.1) is 30.4 Å². The number of likely N-dealkylation sites (N-methyl/N-ethyl adjacent to an activating group) is 1. The summed E-state index contributed by atoms with van der Waals surface area (Å²) < 4.78 is 46.9. The van der Waals surface area contributed by atoms with Crippen molar-refractivity contribution in [3.05, 3.63) is 35.2 Å². The third kappa shape index (κ3) is 9.63. The molecule has 0 radical (unpaired) electrons. The number of aliphatic hydroxyl groups excluding tert-OH is 1. The van der Waals surface area contributed by atoms with Crippen LogP contribution >= 0.6 is 0 Å². The van der Waals surface area contributed by atoms with Crippen LogP contribution < -0.4 is 14.8 Å². The number of aryl methyl sites for hydroxylation is 2. The number of nitrogens with zero attached hydrogens (tertiary/aromatic N) is 3. The van der Waals surface area contributed by atoms with E-state index in [-0.39, 0.29) is 71.0 Å². The maximum Gasteiger partial charge on any atom is 0.317 e. The summed E-state index contributed by atoms with van der Waals surface area (Å²) in [7, 11) is -2.32. The van der Waals surface area contributed by atoms with Crippen molar-refractivity contribution in [2.75, 3.05) is 38.1 Å². The van der Waals surface area contributed by atoms with Gasteiger partial charge in [0.15, 0.2) is 10.7 Å². The standard InChI is InChI=1S/C34H53N5O8S/c1-22-19-39(23(2)21-40)33(41)29-18-28(37-48(43,44)32-25(4)36-47-26(32)5)15-16-30(29)46-24(3)12-10-11-17-45-31(22)20-38(6)34(42)35-27-13-8-7-9-14-27/h15-16,18,22-24,27,31,37,40H,7-14,17,19-21H2,1-6H3,(H,35,42)/t22-,23-,24+,31+/m0/s1. The Morgan fingerprint density at radius 3 is 2.50 bits per heavy atom. The summed E-state index contributed by atoms with van der Waals surface area (Å²) in [4.78, 5) is 30.7. The molecule has 2 heterocycles. The lowest BCUT2D eigenvalue weighted by Crippen LogP contribution is -2.50. The number of amides is 3. The molecule has 0 saturated heterocycles. The zero-order valence-corrected chi connectivity index (χ0v) is 30.0. The van der Waals surface area contributed by atoms with Crippen LogP contribution in [-0.2, 0) is 14.8 Å². The molecule has 4 rings (SSSR count). The third-order valence-corrected chi connectivity index (χ3v) is 10.9.